The molecule has 5 fully saturated rings. The van der Waals surface area contributed by atoms with Crippen molar-refractivity contribution >= 4 is 17.7 Å². The molecule has 0 spiro atoms. The molecule has 2 aromatic carbocycles. The Bertz CT molecular complexity index is 2190. The van der Waals surface area contributed by atoms with Gasteiger partial charge in [0.05, 0.1) is 11.5 Å². The van der Waals surface area contributed by atoms with E-state index in [1.54, 1.807) is 18.1 Å². The lowest BCUT2D eigenvalue weighted by Crippen LogP contribution is -2.67. The molecule has 0 aliphatic heterocycles. The van der Waals surface area contributed by atoms with Crippen LogP contribution in [0.5, 0.6) is 0 Å². The highest BCUT2D eigenvalue weighted by Gasteiger charge is 2.71. The lowest BCUT2D eigenvalue weighted by molar-refractivity contribution is -0.246. The van der Waals surface area contributed by atoms with Gasteiger partial charge in [0, 0.05) is 56.1 Å². The number of aliphatic hydroxyl groups is 1. The summed E-state index contributed by atoms with van der Waals surface area (Å²) in [5.41, 5.74) is 5.45. The number of hydrogen-bond acceptors (Lipinski definition) is 5. The zero-order valence-electron chi connectivity index (χ0n) is 39.3. The highest BCUT2D eigenvalue weighted by atomic mass is 16.3. The van der Waals surface area contributed by atoms with Crippen LogP contribution in [0.1, 0.15) is 143 Å². The lowest BCUT2D eigenvalue weighted by atomic mass is 9.32. The molecule has 5 aliphatic carbocycles. The third-order valence-electron chi connectivity index (χ3n) is 18.8. The summed E-state index contributed by atoms with van der Waals surface area (Å²) >= 11 is 0. The van der Waals surface area contributed by atoms with E-state index < -0.39 is 0 Å². The standard InChI is InChI=1S/C55H74N4O4/c1-36(2)42-21-28-55(30-29-53(6)43(47(42)55)19-20-45-52(5)26-23-46(60)51(3,4)44(52)22-27-54(45,53)7)50(63)57-32-24-37-12-11-13-40(34-37)48(61)58-35-38-15-17-39(18-16-38)49(62)59(8)33-25-41-14-9-10-31-56-41/h9-18,31,34,42-47,60H,1,19-30,32-33,35H2,2-8H3,(H,57,63)(H,58,61)/t42-,43?,44?,45?,46-,47?,52-,53+,54+,55-/m0/s1. The smallest absolute Gasteiger partial charge is 0.253 e. The summed E-state index contributed by atoms with van der Waals surface area (Å²) in [7, 11) is 1.80. The van der Waals surface area contributed by atoms with Gasteiger partial charge in [0.25, 0.3) is 11.8 Å². The van der Waals surface area contributed by atoms with E-state index in [0.717, 1.165) is 55.3 Å². The normalized spacial score (nSPS) is 34.0. The first-order chi connectivity index (χ1) is 29.9. The van der Waals surface area contributed by atoms with Crippen molar-refractivity contribution in [3.05, 3.63) is 113 Å². The van der Waals surface area contributed by atoms with Gasteiger partial charge in [0.2, 0.25) is 5.91 Å². The molecule has 8 nitrogen and oxygen atoms in total. The Kier molecular flexibility index (Phi) is 12.4. The number of rotatable bonds is 12. The Balaban J connectivity index is 0.878. The molecule has 338 valence electrons. The predicted octanol–water partition coefficient (Wildman–Crippen LogP) is 10.0. The summed E-state index contributed by atoms with van der Waals surface area (Å²) in [5.74, 6) is 2.33. The van der Waals surface area contributed by atoms with Crippen molar-refractivity contribution in [3.63, 3.8) is 0 Å². The maximum absolute atomic E-state index is 14.8. The van der Waals surface area contributed by atoms with Crippen LogP contribution in [-0.4, -0.2) is 59.0 Å². The number of carbonyl (C=O) groups excluding carboxylic acids is 3. The fourth-order valence-corrected chi connectivity index (χ4v) is 15.1. The van der Waals surface area contributed by atoms with Gasteiger partial charge in [-0.3, -0.25) is 19.4 Å². The molecule has 8 heteroatoms. The van der Waals surface area contributed by atoms with Gasteiger partial charge in [0.15, 0.2) is 0 Å². The summed E-state index contributed by atoms with van der Waals surface area (Å²) in [4.78, 5) is 47.2. The second-order valence-electron chi connectivity index (χ2n) is 22.1. The maximum atomic E-state index is 14.8. The third-order valence-corrected chi connectivity index (χ3v) is 18.8. The molecule has 1 aromatic heterocycles. The van der Waals surface area contributed by atoms with Gasteiger partial charge >= 0.3 is 0 Å². The minimum atomic E-state index is -0.377. The number of amides is 3. The van der Waals surface area contributed by atoms with Crippen LogP contribution in [0.25, 0.3) is 0 Å². The number of hydrogen-bond donors (Lipinski definition) is 3. The van der Waals surface area contributed by atoms with E-state index in [2.05, 4.69) is 63.7 Å². The Hall–Kier alpha value is -4.30. The zero-order chi connectivity index (χ0) is 45.0. The van der Waals surface area contributed by atoms with Crippen molar-refractivity contribution in [1.29, 1.82) is 0 Å². The fraction of sp³-hybridized carbons (Fsp3) is 0.600. The summed E-state index contributed by atoms with van der Waals surface area (Å²) < 4.78 is 0. The number of aromatic nitrogens is 1. The number of pyridine rings is 1. The number of benzene rings is 2. The molecule has 1 heterocycles. The first-order valence-corrected chi connectivity index (χ1v) is 24.2. The second kappa shape index (κ2) is 17.2. The fourth-order valence-electron chi connectivity index (χ4n) is 15.1. The molecule has 10 atom stereocenters. The predicted molar refractivity (Wildman–Crippen MR) is 251 cm³/mol. The van der Waals surface area contributed by atoms with Crippen molar-refractivity contribution in [2.45, 2.75) is 131 Å². The van der Waals surface area contributed by atoms with E-state index in [-0.39, 0.29) is 50.9 Å². The van der Waals surface area contributed by atoms with Crippen LogP contribution in [0, 0.1) is 56.7 Å². The van der Waals surface area contributed by atoms with Crippen LogP contribution in [0.4, 0.5) is 0 Å². The van der Waals surface area contributed by atoms with E-state index >= 15 is 0 Å². The highest BCUT2D eigenvalue weighted by Crippen LogP contribution is 2.77. The summed E-state index contributed by atoms with van der Waals surface area (Å²) in [6, 6.07) is 20.9. The Morgan fingerprint density at radius 1 is 0.778 bits per heavy atom. The SMILES string of the molecule is C=C(C)[C@@H]1CC[C@]2(C(=O)NCCc3cccc(C(=O)NCc4ccc(C(=O)N(C)CCc5ccccn5)cc4)c3)CC[C@]3(C)C(CCC4[C@@]5(C)CC[C@H](O)C(C)(C)C5CC[C@]43C)C12. The Morgan fingerprint density at radius 2 is 1.56 bits per heavy atom. The summed E-state index contributed by atoms with van der Waals surface area (Å²) in [5, 5.41) is 17.7. The molecule has 4 unspecified atom stereocenters. The van der Waals surface area contributed by atoms with Gasteiger partial charge in [-0.05, 0) is 176 Å². The van der Waals surface area contributed by atoms with Crippen molar-refractivity contribution in [3.8, 4) is 0 Å². The third kappa shape index (κ3) is 7.88. The number of carbonyl (C=O) groups is 3. The van der Waals surface area contributed by atoms with Gasteiger partial charge in [-0.25, -0.2) is 0 Å². The van der Waals surface area contributed by atoms with Crippen molar-refractivity contribution in [1.82, 2.24) is 20.5 Å². The van der Waals surface area contributed by atoms with Gasteiger partial charge in [-0.1, -0.05) is 77.1 Å². The van der Waals surface area contributed by atoms with Crippen LogP contribution >= 0.6 is 0 Å². The molecule has 5 saturated carbocycles. The summed E-state index contributed by atoms with van der Waals surface area (Å²) in [6.45, 7) is 20.7. The highest BCUT2D eigenvalue weighted by molar-refractivity contribution is 5.95. The molecule has 0 radical (unpaired) electrons. The molecule has 8 rings (SSSR count). The first kappa shape index (κ1) is 45.3. The van der Waals surface area contributed by atoms with Gasteiger partial charge < -0.3 is 20.6 Å². The minimum Gasteiger partial charge on any atom is -0.393 e. The molecular weight excluding hydrogens is 781 g/mol. The van der Waals surface area contributed by atoms with Crippen molar-refractivity contribution in [2.24, 2.45) is 56.7 Å². The number of nitrogens with zero attached hydrogens (tertiary/aromatic N) is 2. The van der Waals surface area contributed by atoms with Crippen molar-refractivity contribution < 1.29 is 19.5 Å². The maximum Gasteiger partial charge on any atom is 0.253 e. The molecule has 3 aromatic rings. The summed E-state index contributed by atoms with van der Waals surface area (Å²) in [6.07, 6.45) is 13.7. The zero-order valence-corrected chi connectivity index (χ0v) is 39.3. The molecular formula is C55H74N4O4. The second-order valence-corrected chi connectivity index (χ2v) is 22.1. The van der Waals surface area contributed by atoms with Crippen LogP contribution in [0.2, 0.25) is 0 Å². The van der Waals surface area contributed by atoms with Crippen LogP contribution < -0.4 is 10.6 Å². The Morgan fingerprint density at radius 3 is 2.29 bits per heavy atom. The molecule has 5 aliphatic rings. The molecule has 63 heavy (non-hydrogen) atoms. The van der Waals surface area contributed by atoms with Crippen molar-refractivity contribution in [2.75, 3.05) is 20.1 Å². The molecule has 0 saturated heterocycles. The molecule has 0 bridgehead atoms. The number of aliphatic hydroxyl groups excluding tert-OH is 1. The van der Waals surface area contributed by atoms with E-state index in [0.29, 0.717) is 73.2 Å². The number of nitrogens with one attached hydrogen (secondary N) is 2. The van der Waals surface area contributed by atoms with E-state index in [1.165, 1.54) is 31.3 Å². The topological polar surface area (TPSA) is 112 Å². The minimum absolute atomic E-state index is 0.0508. The van der Waals surface area contributed by atoms with Crippen LogP contribution in [-0.2, 0) is 24.2 Å². The number of allylic oxidation sites excluding steroid dienone is 1. The van der Waals surface area contributed by atoms with Gasteiger partial charge in [-0.2, -0.15) is 0 Å². The van der Waals surface area contributed by atoms with Crippen LogP contribution in [0.3, 0.4) is 0 Å². The number of fused-ring (bicyclic) bond motifs is 7. The molecule has 3 amide bonds. The monoisotopic (exact) mass is 855 g/mol. The average Bonchev–Trinajstić information content (AvgIpc) is 3.68. The van der Waals surface area contributed by atoms with Gasteiger partial charge in [-0.15, -0.1) is 0 Å². The first-order valence-electron chi connectivity index (χ1n) is 24.2. The van der Waals surface area contributed by atoms with E-state index in [9.17, 15) is 19.5 Å². The average molecular weight is 855 g/mol. The lowest BCUT2D eigenvalue weighted by Gasteiger charge is -2.72. The Labute approximate surface area is 377 Å². The molecule has 3 N–H and O–H groups in total. The quantitative estimate of drug-likeness (QED) is 0.157. The van der Waals surface area contributed by atoms with Crippen LogP contribution in [0.15, 0.2) is 85.1 Å². The number of likely N-dealkylation sites (N-methyl/N-ethyl adjacent to an activating group) is 1. The largest absolute Gasteiger partial charge is 0.393 e. The van der Waals surface area contributed by atoms with E-state index in [4.69, 9.17) is 0 Å². The van der Waals surface area contributed by atoms with E-state index in [1.807, 2.05) is 66.7 Å². The van der Waals surface area contributed by atoms with Gasteiger partial charge in [0.1, 0.15) is 0 Å².